The molecule has 0 saturated carbocycles. The number of aromatic nitrogens is 1. The third kappa shape index (κ3) is 1.02. The molecule has 0 aliphatic carbocycles. The van der Waals surface area contributed by atoms with Crippen LogP contribution in [0.4, 0.5) is 11.4 Å². The van der Waals surface area contributed by atoms with Crippen LogP contribution in [0.15, 0.2) is 30.5 Å². The minimum absolute atomic E-state index is 0.961. The number of hydrogen-bond donors (Lipinski definition) is 2. The molecular weight excluding hydrogens is 174 g/mol. The predicted octanol–water partition coefficient (Wildman–Crippen LogP) is 2.07. The Morgan fingerprint density at radius 2 is 2.00 bits per heavy atom. The maximum absolute atomic E-state index is 4.39. The van der Waals surface area contributed by atoms with E-state index in [1.165, 1.54) is 5.39 Å². The van der Waals surface area contributed by atoms with Crippen molar-refractivity contribution in [3.05, 3.63) is 30.5 Å². The first-order valence-electron chi connectivity index (χ1n) is 4.80. The lowest BCUT2D eigenvalue weighted by molar-refractivity contribution is 1.05. The molecule has 3 rings (SSSR count). The van der Waals surface area contributed by atoms with Crippen molar-refractivity contribution in [3.63, 3.8) is 0 Å². The zero-order valence-electron chi connectivity index (χ0n) is 7.75. The van der Waals surface area contributed by atoms with Crippen LogP contribution in [0.25, 0.3) is 10.9 Å². The quantitative estimate of drug-likeness (QED) is 0.659. The highest BCUT2D eigenvalue weighted by Crippen LogP contribution is 2.31. The third-order valence-corrected chi connectivity index (χ3v) is 2.52. The molecule has 0 fully saturated rings. The van der Waals surface area contributed by atoms with Gasteiger partial charge in [0.1, 0.15) is 0 Å². The molecule has 2 aromatic rings. The van der Waals surface area contributed by atoms with Gasteiger partial charge in [0.25, 0.3) is 0 Å². The van der Waals surface area contributed by atoms with Crippen molar-refractivity contribution in [2.45, 2.75) is 0 Å². The van der Waals surface area contributed by atoms with Gasteiger partial charge < -0.3 is 10.6 Å². The van der Waals surface area contributed by atoms with Crippen molar-refractivity contribution in [2.24, 2.45) is 0 Å². The number of nitrogens with zero attached hydrogens (tertiary/aromatic N) is 1. The average molecular weight is 185 g/mol. The fraction of sp³-hybridized carbons (Fsp3) is 0.182. The minimum atomic E-state index is 0.961. The zero-order valence-corrected chi connectivity index (χ0v) is 7.75. The number of anilines is 2. The first-order chi connectivity index (χ1) is 6.95. The van der Waals surface area contributed by atoms with Crippen molar-refractivity contribution in [3.8, 4) is 0 Å². The minimum Gasteiger partial charge on any atom is -0.382 e. The molecular formula is C11H11N3. The summed E-state index contributed by atoms with van der Waals surface area (Å²) in [6, 6.07) is 8.25. The fourth-order valence-corrected chi connectivity index (χ4v) is 1.86. The number of nitrogens with one attached hydrogen (secondary N) is 2. The molecule has 2 heterocycles. The molecule has 0 saturated heterocycles. The van der Waals surface area contributed by atoms with E-state index in [0.717, 1.165) is 30.0 Å². The molecule has 2 N–H and O–H groups in total. The highest BCUT2D eigenvalue weighted by molar-refractivity contribution is 5.97. The van der Waals surface area contributed by atoms with E-state index in [-0.39, 0.29) is 0 Å². The molecule has 1 aromatic carbocycles. The number of pyridine rings is 1. The smallest absolute Gasteiger partial charge is 0.0954 e. The van der Waals surface area contributed by atoms with Crippen molar-refractivity contribution in [1.82, 2.24) is 4.98 Å². The average Bonchev–Trinajstić information content (AvgIpc) is 2.29. The Hall–Kier alpha value is -1.77. The summed E-state index contributed by atoms with van der Waals surface area (Å²) < 4.78 is 0. The molecule has 1 aromatic heterocycles. The Kier molecular flexibility index (Phi) is 1.56. The molecule has 0 radical (unpaired) electrons. The maximum Gasteiger partial charge on any atom is 0.0954 e. The molecule has 3 heteroatoms. The summed E-state index contributed by atoms with van der Waals surface area (Å²) in [5.41, 5.74) is 3.34. The summed E-state index contributed by atoms with van der Waals surface area (Å²) >= 11 is 0. The van der Waals surface area contributed by atoms with Crippen LogP contribution in [0.2, 0.25) is 0 Å². The second-order valence-corrected chi connectivity index (χ2v) is 3.42. The van der Waals surface area contributed by atoms with E-state index in [2.05, 4.69) is 33.8 Å². The SMILES string of the molecule is c1cnc2c3c(ccc2c1)NCCN3. The molecule has 0 unspecified atom stereocenters. The van der Waals surface area contributed by atoms with Gasteiger partial charge in [-0.3, -0.25) is 4.98 Å². The lowest BCUT2D eigenvalue weighted by atomic mass is 10.1. The maximum atomic E-state index is 4.39. The summed E-state index contributed by atoms with van der Waals surface area (Å²) in [5.74, 6) is 0. The lowest BCUT2D eigenvalue weighted by Gasteiger charge is -2.20. The van der Waals surface area contributed by atoms with E-state index < -0.39 is 0 Å². The van der Waals surface area contributed by atoms with Crippen molar-refractivity contribution in [1.29, 1.82) is 0 Å². The molecule has 0 bridgehead atoms. The van der Waals surface area contributed by atoms with Crippen LogP contribution in [0, 0.1) is 0 Å². The summed E-state index contributed by atoms with van der Waals surface area (Å²) in [6.45, 7) is 1.94. The highest BCUT2D eigenvalue weighted by atomic mass is 15.0. The van der Waals surface area contributed by atoms with E-state index in [1.54, 1.807) is 0 Å². The van der Waals surface area contributed by atoms with Crippen LogP contribution in [0.5, 0.6) is 0 Å². The monoisotopic (exact) mass is 185 g/mol. The second-order valence-electron chi connectivity index (χ2n) is 3.42. The van der Waals surface area contributed by atoms with Crippen LogP contribution in [0.1, 0.15) is 0 Å². The standard InChI is InChI=1S/C11H11N3/c1-2-8-3-4-9-11(10(8)13-5-1)14-7-6-12-9/h1-5,12,14H,6-7H2. The largest absolute Gasteiger partial charge is 0.382 e. The van der Waals surface area contributed by atoms with E-state index in [9.17, 15) is 0 Å². The van der Waals surface area contributed by atoms with Crippen LogP contribution in [-0.2, 0) is 0 Å². The molecule has 14 heavy (non-hydrogen) atoms. The second kappa shape index (κ2) is 2.87. The number of rotatable bonds is 0. The van der Waals surface area contributed by atoms with Gasteiger partial charge in [-0.1, -0.05) is 12.1 Å². The van der Waals surface area contributed by atoms with Gasteiger partial charge in [0.05, 0.1) is 16.9 Å². The third-order valence-electron chi connectivity index (χ3n) is 2.52. The molecule has 3 nitrogen and oxygen atoms in total. The Bertz CT molecular complexity index is 479. The lowest BCUT2D eigenvalue weighted by Crippen LogP contribution is -2.20. The van der Waals surface area contributed by atoms with Gasteiger partial charge in [0, 0.05) is 24.7 Å². The van der Waals surface area contributed by atoms with E-state index in [1.807, 2.05) is 12.3 Å². The van der Waals surface area contributed by atoms with Gasteiger partial charge >= 0.3 is 0 Å². The van der Waals surface area contributed by atoms with E-state index in [4.69, 9.17) is 0 Å². The molecule has 0 atom stereocenters. The number of fused-ring (bicyclic) bond motifs is 3. The van der Waals surface area contributed by atoms with Gasteiger partial charge in [-0.05, 0) is 12.1 Å². The Balaban J connectivity index is 2.34. The highest BCUT2D eigenvalue weighted by Gasteiger charge is 2.10. The molecule has 1 aliphatic heterocycles. The van der Waals surface area contributed by atoms with Crippen LogP contribution < -0.4 is 10.6 Å². The summed E-state index contributed by atoms with van der Waals surface area (Å²) in [5, 5.41) is 7.92. The topological polar surface area (TPSA) is 37.0 Å². The number of benzene rings is 1. The molecule has 0 amide bonds. The first kappa shape index (κ1) is 7.62. The van der Waals surface area contributed by atoms with E-state index in [0.29, 0.717) is 0 Å². The zero-order chi connectivity index (χ0) is 9.38. The van der Waals surface area contributed by atoms with Crippen LogP contribution in [-0.4, -0.2) is 18.1 Å². The molecule has 70 valence electrons. The predicted molar refractivity (Wildman–Crippen MR) is 58.7 cm³/mol. The Morgan fingerprint density at radius 3 is 3.00 bits per heavy atom. The Labute approximate surface area is 82.2 Å². The van der Waals surface area contributed by atoms with Crippen molar-refractivity contribution >= 4 is 22.3 Å². The van der Waals surface area contributed by atoms with Gasteiger partial charge in [0.2, 0.25) is 0 Å². The van der Waals surface area contributed by atoms with Crippen LogP contribution in [0.3, 0.4) is 0 Å². The van der Waals surface area contributed by atoms with Crippen molar-refractivity contribution < 1.29 is 0 Å². The van der Waals surface area contributed by atoms with Gasteiger partial charge in [-0.2, -0.15) is 0 Å². The Morgan fingerprint density at radius 1 is 1.07 bits per heavy atom. The van der Waals surface area contributed by atoms with Gasteiger partial charge in [-0.25, -0.2) is 0 Å². The summed E-state index contributed by atoms with van der Waals surface area (Å²) in [4.78, 5) is 4.39. The summed E-state index contributed by atoms with van der Waals surface area (Å²) in [6.07, 6.45) is 1.83. The molecule has 1 aliphatic rings. The van der Waals surface area contributed by atoms with Gasteiger partial charge in [-0.15, -0.1) is 0 Å². The van der Waals surface area contributed by atoms with Crippen molar-refractivity contribution in [2.75, 3.05) is 23.7 Å². The summed E-state index contributed by atoms with van der Waals surface area (Å²) in [7, 11) is 0. The van der Waals surface area contributed by atoms with Gasteiger partial charge in [0.15, 0.2) is 0 Å². The normalized spacial score (nSPS) is 14.3. The first-order valence-corrected chi connectivity index (χ1v) is 4.80. The number of hydrogen-bond acceptors (Lipinski definition) is 3. The van der Waals surface area contributed by atoms with E-state index >= 15 is 0 Å². The molecule has 0 spiro atoms. The fourth-order valence-electron chi connectivity index (χ4n) is 1.86. The van der Waals surface area contributed by atoms with Crippen LogP contribution >= 0.6 is 0 Å².